The summed E-state index contributed by atoms with van der Waals surface area (Å²) in [6.45, 7) is 6.82. The molecule has 0 aliphatic heterocycles. The molecule has 74 valence electrons. The van der Waals surface area contributed by atoms with Gasteiger partial charge in [0.1, 0.15) is 6.10 Å². The van der Waals surface area contributed by atoms with Crippen molar-refractivity contribution in [3.63, 3.8) is 0 Å². The van der Waals surface area contributed by atoms with Crippen LogP contribution >= 0.6 is 11.3 Å². The maximum absolute atomic E-state index is 9.79. The van der Waals surface area contributed by atoms with Gasteiger partial charge >= 0.3 is 0 Å². The molecule has 0 spiro atoms. The SMILES string of the molecule is Cc1ccsc1C(O)CNC(C)C. The molecule has 1 aromatic heterocycles. The van der Waals surface area contributed by atoms with Crippen molar-refractivity contribution in [2.24, 2.45) is 0 Å². The molecule has 0 aliphatic rings. The van der Waals surface area contributed by atoms with E-state index in [-0.39, 0.29) is 6.10 Å². The number of rotatable bonds is 4. The fourth-order valence-corrected chi connectivity index (χ4v) is 2.08. The molecule has 1 rings (SSSR count). The van der Waals surface area contributed by atoms with E-state index in [1.165, 1.54) is 5.56 Å². The Hall–Kier alpha value is -0.380. The van der Waals surface area contributed by atoms with E-state index >= 15 is 0 Å². The maximum Gasteiger partial charge on any atom is 0.101 e. The molecule has 13 heavy (non-hydrogen) atoms. The molecule has 3 heteroatoms. The molecule has 0 aromatic carbocycles. The molecule has 1 atom stereocenters. The fraction of sp³-hybridized carbons (Fsp3) is 0.600. The summed E-state index contributed by atoms with van der Waals surface area (Å²) in [4.78, 5) is 1.08. The van der Waals surface area contributed by atoms with Gasteiger partial charge in [-0.1, -0.05) is 13.8 Å². The summed E-state index contributed by atoms with van der Waals surface area (Å²) in [7, 11) is 0. The van der Waals surface area contributed by atoms with Crippen LogP contribution in [0.5, 0.6) is 0 Å². The largest absolute Gasteiger partial charge is 0.386 e. The van der Waals surface area contributed by atoms with Crippen molar-refractivity contribution in [2.45, 2.75) is 32.9 Å². The third kappa shape index (κ3) is 3.10. The zero-order valence-corrected chi connectivity index (χ0v) is 9.19. The normalized spacial score (nSPS) is 13.6. The first kappa shape index (κ1) is 10.7. The smallest absolute Gasteiger partial charge is 0.101 e. The minimum atomic E-state index is -0.359. The van der Waals surface area contributed by atoms with E-state index in [0.717, 1.165) is 4.88 Å². The minimum absolute atomic E-state index is 0.359. The van der Waals surface area contributed by atoms with Gasteiger partial charge < -0.3 is 10.4 Å². The highest BCUT2D eigenvalue weighted by atomic mass is 32.1. The van der Waals surface area contributed by atoms with Crippen molar-refractivity contribution in [1.29, 1.82) is 0 Å². The van der Waals surface area contributed by atoms with Crippen molar-refractivity contribution in [1.82, 2.24) is 5.32 Å². The van der Waals surface area contributed by atoms with Crippen LogP contribution in [0, 0.1) is 6.92 Å². The lowest BCUT2D eigenvalue weighted by Crippen LogP contribution is -2.27. The number of aliphatic hydroxyl groups excluding tert-OH is 1. The van der Waals surface area contributed by atoms with E-state index in [1.807, 2.05) is 18.4 Å². The van der Waals surface area contributed by atoms with Gasteiger partial charge in [-0.2, -0.15) is 0 Å². The van der Waals surface area contributed by atoms with Crippen molar-refractivity contribution in [2.75, 3.05) is 6.54 Å². The topological polar surface area (TPSA) is 32.3 Å². The summed E-state index contributed by atoms with van der Waals surface area (Å²) in [5, 5.41) is 15.0. The van der Waals surface area contributed by atoms with Crippen LogP contribution in [0.2, 0.25) is 0 Å². The van der Waals surface area contributed by atoms with E-state index in [9.17, 15) is 5.11 Å². The van der Waals surface area contributed by atoms with E-state index in [0.29, 0.717) is 12.6 Å². The number of aryl methyl sites for hydroxylation is 1. The lowest BCUT2D eigenvalue weighted by atomic mass is 10.2. The van der Waals surface area contributed by atoms with Gasteiger partial charge in [0.25, 0.3) is 0 Å². The third-order valence-corrected chi connectivity index (χ3v) is 3.04. The molecule has 0 aliphatic carbocycles. The molecule has 0 amide bonds. The summed E-state index contributed by atoms with van der Waals surface area (Å²) >= 11 is 1.62. The van der Waals surface area contributed by atoms with Crippen LogP contribution in [0.15, 0.2) is 11.4 Å². The van der Waals surface area contributed by atoms with Crippen LogP contribution in [0.25, 0.3) is 0 Å². The molecule has 1 heterocycles. The third-order valence-electron chi connectivity index (χ3n) is 1.92. The molecule has 1 unspecified atom stereocenters. The quantitative estimate of drug-likeness (QED) is 0.778. The van der Waals surface area contributed by atoms with Crippen molar-refractivity contribution in [3.05, 3.63) is 21.9 Å². The summed E-state index contributed by atoms with van der Waals surface area (Å²) < 4.78 is 0. The Balaban J connectivity index is 2.49. The highest BCUT2D eigenvalue weighted by Crippen LogP contribution is 2.23. The molecule has 0 fully saturated rings. The number of aliphatic hydroxyl groups is 1. The first-order valence-corrected chi connectivity index (χ1v) is 5.44. The van der Waals surface area contributed by atoms with E-state index in [2.05, 4.69) is 19.2 Å². The Morgan fingerprint density at radius 3 is 2.69 bits per heavy atom. The highest BCUT2D eigenvalue weighted by molar-refractivity contribution is 7.10. The van der Waals surface area contributed by atoms with Gasteiger partial charge in [0.15, 0.2) is 0 Å². The van der Waals surface area contributed by atoms with Crippen LogP contribution in [0.1, 0.15) is 30.4 Å². The lowest BCUT2D eigenvalue weighted by molar-refractivity contribution is 0.174. The lowest BCUT2D eigenvalue weighted by Gasteiger charge is -2.13. The number of nitrogens with one attached hydrogen (secondary N) is 1. The van der Waals surface area contributed by atoms with E-state index < -0.39 is 0 Å². The summed E-state index contributed by atoms with van der Waals surface area (Å²) in [5.41, 5.74) is 1.18. The van der Waals surface area contributed by atoms with Gasteiger partial charge in [-0.3, -0.25) is 0 Å². The van der Waals surface area contributed by atoms with Crippen molar-refractivity contribution < 1.29 is 5.11 Å². The van der Waals surface area contributed by atoms with Gasteiger partial charge in [-0.25, -0.2) is 0 Å². The molecule has 0 bridgehead atoms. The van der Waals surface area contributed by atoms with Gasteiger partial charge in [-0.05, 0) is 23.9 Å². The predicted molar refractivity (Wildman–Crippen MR) is 57.2 cm³/mol. The molecule has 1 aromatic rings. The Bertz CT molecular complexity index is 257. The van der Waals surface area contributed by atoms with Crippen molar-refractivity contribution in [3.8, 4) is 0 Å². The van der Waals surface area contributed by atoms with Crippen LogP contribution in [-0.2, 0) is 0 Å². The van der Waals surface area contributed by atoms with E-state index in [1.54, 1.807) is 11.3 Å². The second-order valence-electron chi connectivity index (χ2n) is 3.55. The van der Waals surface area contributed by atoms with Crippen LogP contribution in [-0.4, -0.2) is 17.7 Å². The summed E-state index contributed by atoms with van der Waals surface area (Å²) in [5.74, 6) is 0. The van der Waals surface area contributed by atoms with Crippen LogP contribution < -0.4 is 5.32 Å². The number of thiophene rings is 1. The second-order valence-corrected chi connectivity index (χ2v) is 4.49. The van der Waals surface area contributed by atoms with Gasteiger partial charge in [0, 0.05) is 17.5 Å². The Morgan fingerprint density at radius 2 is 2.23 bits per heavy atom. The highest BCUT2D eigenvalue weighted by Gasteiger charge is 2.11. The monoisotopic (exact) mass is 199 g/mol. The van der Waals surface area contributed by atoms with Gasteiger partial charge in [0.05, 0.1) is 0 Å². The Labute approximate surface area is 83.6 Å². The molecule has 0 saturated heterocycles. The molecule has 0 saturated carbocycles. The molecule has 0 radical (unpaired) electrons. The molecule has 2 N–H and O–H groups in total. The van der Waals surface area contributed by atoms with Crippen LogP contribution in [0.4, 0.5) is 0 Å². The predicted octanol–water partition coefficient (Wildman–Crippen LogP) is 2.09. The average molecular weight is 199 g/mol. The fourth-order valence-electron chi connectivity index (χ4n) is 1.17. The first-order chi connectivity index (χ1) is 6.11. The van der Waals surface area contributed by atoms with Gasteiger partial charge in [-0.15, -0.1) is 11.3 Å². The van der Waals surface area contributed by atoms with Crippen LogP contribution in [0.3, 0.4) is 0 Å². The van der Waals surface area contributed by atoms with Gasteiger partial charge in [0.2, 0.25) is 0 Å². The summed E-state index contributed by atoms with van der Waals surface area (Å²) in [6.07, 6.45) is -0.359. The zero-order valence-electron chi connectivity index (χ0n) is 8.37. The Kier molecular flexibility index (Phi) is 3.90. The number of hydrogen-bond donors (Lipinski definition) is 2. The average Bonchev–Trinajstić information content (AvgIpc) is 2.47. The van der Waals surface area contributed by atoms with Crippen molar-refractivity contribution >= 4 is 11.3 Å². The molecule has 2 nitrogen and oxygen atoms in total. The maximum atomic E-state index is 9.79. The minimum Gasteiger partial charge on any atom is -0.386 e. The molecular formula is C10H17NOS. The summed E-state index contributed by atoms with van der Waals surface area (Å²) in [6, 6.07) is 2.47. The first-order valence-electron chi connectivity index (χ1n) is 4.56. The zero-order chi connectivity index (χ0) is 9.84. The second kappa shape index (κ2) is 4.74. The standard InChI is InChI=1S/C10H17NOS/c1-7(2)11-6-9(12)10-8(3)4-5-13-10/h4-5,7,9,11-12H,6H2,1-3H3. The Morgan fingerprint density at radius 1 is 1.54 bits per heavy atom. The van der Waals surface area contributed by atoms with E-state index in [4.69, 9.17) is 0 Å². The number of hydrogen-bond acceptors (Lipinski definition) is 3. The molecular weight excluding hydrogens is 182 g/mol.